The number of oxime groups is 1. The summed E-state index contributed by atoms with van der Waals surface area (Å²) < 4.78 is 147. The van der Waals surface area contributed by atoms with Crippen LogP contribution >= 0.6 is 23.4 Å². The third-order valence-electron chi connectivity index (χ3n) is 6.60. The molecule has 0 fully saturated rings. The second kappa shape index (κ2) is 11.7. The first-order valence-corrected chi connectivity index (χ1v) is 15.1. The zero-order valence-electron chi connectivity index (χ0n) is 22.3. The summed E-state index contributed by atoms with van der Waals surface area (Å²) in [6, 6.07) is 2.78. The number of hydrogen-bond acceptors (Lipinski definition) is 6. The molecule has 1 aliphatic rings. The van der Waals surface area contributed by atoms with Gasteiger partial charge in [-0.15, -0.1) is 11.8 Å². The van der Waals surface area contributed by atoms with Crippen LogP contribution in [0.15, 0.2) is 41.6 Å². The van der Waals surface area contributed by atoms with Gasteiger partial charge in [0.15, 0.2) is 13.9 Å². The molecule has 6 nitrogen and oxygen atoms in total. The summed E-state index contributed by atoms with van der Waals surface area (Å²) >= 11 is 7.05. The number of alkyl halides is 9. The summed E-state index contributed by atoms with van der Waals surface area (Å²) in [6.45, 7) is 4.20. The van der Waals surface area contributed by atoms with Crippen molar-refractivity contribution in [3.8, 4) is 0 Å². The lowest BCUT2D eigenvalue weighted by Gasteiger charge is -2.30. The minimum Gasteiger partial charge on any atom is -0.374 e. The van der Waals surface area contributed by atoms with Crippen LogP contribution in [0.1, 0.15) is 49.4 Å². The fourth-order valence-corrected chi connectivity index (χ4v) is 7.40. The fourth-order valence-electron chi connectivity index (χ4n) is 4.13. The molecule has 0 saturated heterocycles. The number of sulfone groups is 1. The number of thioether (sulfide) groups is 1. The van der Waals surface area contributed by atoms with Gasteiger partial charge in [0.05, 0.1) is 27.5 Å². The van der Waals surface area contributed by atoms with Gasteiger partial charge in [-0.2, -0.15) is 39.5 Å². The lowest BCUT2D eigenvalue weighted by atomic mass is 9.84. The average molecular weight is 685 g/mol. The Morgan fingerprint density at radius 3 is 2.00 bits per heavy atom. The third kappa shape index (κ3) is 6.72. The van der Waals surface area contributed by atoms with E-state index in [1.54, 1.807) is 6.92 Å². The minimum atomic E-state index is -5.53. The highest BCUT2D eigenvalue weighted by atomic mass is 35.5. The first-order valence-electron chi connectivity index (χ1n) is 12.1. The molecule has 0 aromatic heterocycles. The lowest BCUT2D eigenvalue weighted by Crippen LogP contribution is -2.45. The summed E-state index contributed by atoms with van der Waals surface area (Å²) in [5.41, 5.74) is -9.94. The summed E-state index contributed by atoms with van der Waals surface area (Å²) in [7, 11) is -3.93. The van der Waals surface area contributed by atoms with Crippen LogP contribution in [-0.4, -0.2) is 41.8 Å². The number of nitrogens with zero attached hydrogens (tertiary/aromatic N) is 1. The molecule has 2 aromatic rings. The smallest absolute Gasteiger partial charge is 0.374 e. The van der Waals surface area contributed by atoms with Gasteiger partial charge in [0, 0.05) is 23.3 Å². The molecule has 2 unspecified atom stereocenters. The SMILES string of the molecule is CCSC(C)(C(=O)Nc1ccc(C2=NOC(c3cc(C(F)(F)F)cc(C(F)(F)F)c3)(C(F)(F)F)C2)cc1Cl)S(=O)(=O)CC. The molecule has 0 bridgehead atoms. The van der Waals surface area contributed by atoms with Crippen molar-refractivity contribution in [3.05, 3.63) is 63.7 Å². The number of anilines is 1. The minimum absolute atomic E-state index is 0.0809. The molecule has 1 heterocycles. The van der Waals surface area contributed by atoms with Gasteiger partial charge in [0.25, 0.3) is 11.5 Å². The van der Waals surface area contributed by atoms with Crippen molar-refractivity contribution >= 4 is 50.5 Å². The molecule has 0 radical (unpaired) electrons. The Labute approximate surface area is 248 Å². The number of carbonyl (C=O) groups excluding carboxylic acids is 1. The molecule has 0 saturated carbocycles. The predicted molar refractivity (Wildman–Crippen MR) is 142 cm³/mol. The molecular weight excluding hydrogens is 663 g/mol. The van der Waals surface area contributed by atoms with Crippen LogP contribution in [-0.2, 0) is 37.4 Å². The van der Waals surface area contributed by atoms with E-state index in [9.17, 15) is 52.7 Å². The molecule has 1 amide bonds. The zero-order valence-corrected chi connectivity index (χ0v) is 24.7. The molecule has 1 N–H and O–H groups in total. The highest BCUT2D eigenvalue weighted by molar-refractivity contribution is 8.15. The van der Waals surface area contributed by atoms with E-state index >= 15 is 0 Å². The van der Waals surface area contributed by atoms with Crippen LogP contribution in [0.3, 0.4) is 0 Å². The Hall–Kier alpha value is -2.66. The molecule has 2 atom stereocenters. The van der Waals surface area contributed by atoms with Crippen LogP contribution in [0.4, 0.5) is 45.2 Å². The van der Waals surface area contributed by atoms with E-state index in [0.717, 1.165) is 30.0 Å². The van der Waals surface area contributed by atoms with E-state index < -0.39 is 72.8 Å². The zero-order chi connectivity index (χ0) is 32.8. The molecule has 0 aliphatic carbocycles. The molecule has 3 rings (SSSR count). The lowest BCUT2D eigenvalue weighted by molar-refractivity contribution is -0.276. The van der Waals surface area contributed by atoms with E-state index in [2.05, 4.69) is 15.3 Å². The van der Waals surface area contributed by atoms with Crippen molar-refractivity contribution in [2.45, 2.75) is 55.4 Å². The first-order chi connectivity index (χ1) is 19.5. The van der Waals surface area contributed by atoms with Gasteiger partial charge in [0.1, 0.15) is 0 Å². The summed E-state index contributed by atoms with van der Waals surface area (Å²) in [5, 5.41) is 5.41. The van der Waals surface area contributed by atoms with Gasteiger partial charge in [0.2, 0.25) is 0 Å². The van der Waals surface area contributed by atoms with E-state index in [0.29, 0.717) is 0 Å². The molecule has 0 spiro atoms. The van der Waals surface area contributed by atoms with E-state index in [1.807, 2.05) is 0 Å². The Balaban J connectivity index is 2.00. The van der Waals surface area contributed by atoms with E-state index in [4.69, 9.17) is 11.6 Å². The van der Waals surface area contributed by atoms with E-state index in [1.165, 1.54) is 13.8 Å². The number of amides is 1. The Kier molecular flexibility index (Phi) is 9.47. The highest BCUT2D eigenvalue weighted by Crippen LogP contribution is 2.51. The van der Waals surface area contributed by atoms with Gasteiger partial charge >= 0.3 is 18.5 Å². The van der Waals surface area contributed by atoms with Crippen molar-refractivity contribution in [1.29, 1.82) is 0 Å². The quantitative estimate of drug-likeness (QED) is 0.287. The van der Waals surface area contributed by atoms with Crippen LogP contribution in [0.25, 0.3) is 0 Å². The molecule has 18 heteroatoms. The van der Waals surface area contributed by atoms with Crippen molar-refractivity contribution in [2.24, 2.45) is 5.16 Å². The monoisotopic (exact) mass is 684 g/mol. The molecule has 43 heavy (non-hydrogen) atoms. The topological polar surface area (TPSA) is 84.8 Å². The summed E-state index contributed by atoms with van der Waals surface area (Å²) in [4.78, 5) is 17.6. The largest absolute Gasteiger partial charge is 0.435 e. The summed E-state index contributed by atoms with van der Waals surface area (Å²) in [5.74, 6) is -1.04. The summed E-state index contributed by atoms with van der Waals surface area (Å²) in [6.07, 6.45) is -17.7. The van der Waals surface area contributed by atoms with Crippen molar-refractivity contribution < 1.29 is 57.6 Å². The molecule has 238 valence electrons. The Morgan fingerprint density at radius 1 is 1.00 bits per heavy atom. The molecular formula is C25H22ClF9N2O4S2. The maximum atomic E-state index is 14.3. The number of nitrogens with one attached hydrogen (secondary N) is 1. The Bertz CT molecular complexity index is 1510. The van der Waals surface area contributed by atoms with Crippen LogP contribution in [0, 0.1) is 0 Å². The fraction of sp³-hybridized carbons (Fsp3) is 0.440. The van der Waals surface area contributed by atoms with Gasteiger partial charge in [-0.3, -0.25) is 4.79 Å². The Morgan fingerprint density at radius 2 is 1.56 bits per heavy atom. The van der Waals surface area contributed by atoms with Crippen LogP contribution in [0.5, 0.6) is 0 Å². The predicted octanol–water partition coefficient (Wildman–Crippen LogP) is 7.80. The first kappa shape index (κ1) is 34.8. The van der Waals surface area contributed by atoms with Gasteiger partial charge < -0.3 is 10.2 Å². The maximum Gasteiger partial charge on any atom is 0.435 e. The average Bonchev–Trinajstić information content (AvgIpc) is 3.36. The second-order valence-corrected chi connectivity index (χ2v) is 14.3. The van der Waals surface area contributed by atoms with Crippen LogP contribution in [0.2, 0.25) is 5.02 Å². The van der Waals surface area contributed by atoms with Gasteiger partial charge in [-0.1, -0.05) is 36.7 Å². The van der Waals surface area contributed by atoms with Crippen molar-refractivity contribution in [1.82, 2.24) is 0 Å². The van der Waals surface area contributed by atoms with E-state index in [-0.39, 0.29) is 46.0 Å². The molecule has 1 aliphatic heterocycles. The number of hydrogen-bond donors (Lipinski definition) is 1. The second-order valence-electron chi connectivity index (χ2n) is 9.36. The number of halogens is 10. The number of rotatable bonds is 8. The highest BCUT2D eigenvalue weighted by Gasteiger charge is 2.63. The van der Waals surface area contributed by atoms with Crippen molar-refractivity contribution in [2.75, 3.05) is 16.8 Å². The number of carbonyl (C=O) groups is 1. The normalized spacial score (nSPS) is 19.4. The van der Waals surface area contributed by atoms with Gasteiger partial charge in [-0.05, 0) is 43.0 Å². The third-order valence-corrected chi connectivity index (χ3v) is 11.2. The maximum absolute atomic E-state index is 14.3. The molecule has 2 aromatic carbocycles. The number of benzene rings is 2. The van der Waals surface area contributed by atoms with Crippen molar-refractivity contribution in [3.63, 3.8) is 0 Å². The van der Waals surface area contributed by atoms with Crippen LogP contribution < -0.4 is 5.32 Å². The standard InChI is InChI=1S/C25H22ClF9N2O4S2/c1-4-42-21(3,43(39,40)5-2)20(38)36-18-7-6-13(8-17(18)26)19-12-22(41-37-19,25(33,34)35)14-9-15(23(27,28)29)11-16(10-14)24(30,31)32/h6-11H,4-5,12H2,1-3H3,(H,36,38). The van der Waals surface area contributed by atoms with Gasteiger partial charge in [-0.25, -0.2) is 8.42 Å².